The minimum Gasteiger partial charge on any atom is -0.543 e. The van der Waals surface area contributed by atoms with Gasteiger partial charge in [-0.2, -0.15) is 0 Å². The summed E-state index contributed by atoms with van der Waals surface area (Å²) in [6, 6.07) is 17.9. The first-order chi connectivity index (χ1) is 12.4. The molecule has 0 atom stereocenters. The summed E-state index contributed by atoms with van der Waals surface area (Å²) in [4.78, 5) is 13.8. The molecule has 1 aromatic heterocycles. The van der Waals surface area contributed by atoms with Crippen LogP contribution in [0.15, 0.2) is 72.0 Å². The standard InChI is InChI=1S/C21H23N3OSi/c1-16-14-23-19(15-22-16)21(17-10-6-5-7-11-17)24-18-12-8-9-13-20(18)25-26(2,3)4/h5-15H,1-4H3. The molecule has 3 aromatic rings. The molecule has 0 aliphatic heterocycles. The largest absolute Gasteiger partial charge is 0.543 e. The van der Waals surface area contributed by atoms with Crippen LogP contribution in [0.5, 0.6) is 5.75 Å². The molecule has 0 spiro atoms. The molecular formula is C21H23N3OSi. The SMILES string of the molecule is Cc1cnc(C(=Nc2ccccc2O[Si](C)(C)C)c2ccccc2)cn1. The summed E-state index contributed by atoms with van der Waals surface area (Å²) in [5.74, 6) is 0.806. The Bertz CT molecular complexity index is 901. The Kier molecular flexibility index (Phi) is 5.28. The number of nitrogens with zero attached hydrogens (tertiary/aromatic N) is 3. The lowest BCUT2D eigenvalue weighted by Crippen LogP contribution is -2.29. The van der Waals surface area contributed by atoms with Crippen molar-refractivity contribution in [2.75, 3.05) is 0 Å². The molecule has 3 rings (SSSR count). The average molecular weight is 362 g/mol. The molecule has 2 aromatic carbocycles. The summed E-state index contributed by atoms with van der Waals surface area (Å²) in [7, 11) is -1.74. The van der Waals surface area contributed by atoms with Crippen molar-refractivity contribution in [1.29, 1.82) is 0 Å². The van der Waals surface area contributed by atoms with Crippen molar-refractivity contribution < 1.29 is 4.43 Å². The molecule has 0 unspecified atom stereocenters. The number of rotatable bonds is 5. The van der Waals surface area contributed by atoms with Crippen molar-refractivity contribution in [3.05, 3.63) is 83.9 Å². The third kappa shape index (κ3) is 4.64. The molecule has 132 valence electrons. The highest BCUT2D eigenvalue weighted by Crippen LogP contribution is 2.30. The quantitative estimate of drug-likeness (QED) is 0.465. The third-order valence-corrected chi connectivity index (χ3v) is 4.42. The zero-order valence-electron chi connectivity index (χ0n) is 15.6. The van der Waals surface area contributed by atoms with E-state index in [9.17, 15) is 0 Å². The predicted octanol–water partition coefficient (Wildman–Crippen LogP) is 5.17. The number of hydrogen-bond acceptors (Lipinski definition) is 4. The zero-order valence-corrected chi connectivity index (χ0v) is 16.6. The summed E-state index contributed by atoms with van der Waals surface area (Å²) in [5, 5.41) is 0. The molecule has 0 radical (unpaired) electrons. The Morgan fingerprint density at radius 2 is 1.58 bits per heavy atom. The molecular weight excluding hydrogens is 338 g/mol. The zero-order chi connectivity index (χ0) is 18.6. The van der Waals surface area contributed by atoms with E-state index in [4.69, 9.17) is 9.42 Å². The highest BCUT2D eigenvalue weighted by Gasteiger charge is 2.18. The minimum absolute atomic E-state index is 0.740. The Hall–Kier alpha value is -2.79. The van der Waals surface area contributed by atoms with Gasteiger partial charge in [0, 0.05) is 11.8 Å². The summed E-state index contributed by atoms with van der Waals surface area (Å²) >= 11 is 0. The molecule has 0 amide bonds. The highest BCUT2D eigenvalue weighted by atomic mass is 28.4. The van der Waals surface area contributed by atoms with Crippen molar-refractivity contribution in [2.24, 2.45) is 4.99 Å². The van der Waals surface area contributed by atoms with E-state index in [2.05, 4.69) is 29.6 Å². The Morgan fingerprint density at radius 1 is 0.885 bits per heavy atom. The van der Waals surface area contributed by atoms with Crippen LogP contribution in [0, 0.1) is 6.92 Å². The van der Waals surface area contributed by atoms with Crippen LogP contribution < -0.4 is 4.43 Å². The van der Waals surface area contributed by atoms with Crippen LogP contribution in [0.3, 0.4) is 0 Å². The number of hydrogen-bond donors (Lipinski definition) is 0. The second-order valence-corrected chi connectivity index (χ2v) is 11.5. The van der Waals surface area contributed by atoms with E-state index in [0.29, 0.717) is 0 Å². The Balaban J connectivity index is 2.13. The van der Waals surface area contributed by atoms with Crippen LogP contribution in [0.25, 0.3) is 0 Å². The van der Waals surface area contributed by atoms with Gasteiger partial charge in [-0.1, -0.05) is 42.5 Å². The fourth-order valence-corrected chi connectivity index (χ4v) is 3.30. The van der Waals surface area contributed by atoms with Gasteiger partial charge in [-0.3, -0.25) is 9.97 Å². The average Bonchev–Trinajstić information content (AvgIpc) is 2.61. The minimum atomic E-state index is -1.74. The lowest BCUT2D eigenvalue weighted by atomic mass is 10.1. The van der Waals surface area contributed by atoms with Crippen molar-refractivity contribution in [2.45, 2.75) is 26.6 Å². The normalized spacial score (nSPS) is 12.1. The fourth-order valence-electron chi connectivity index (χ4n) is 2.47. The first-order valence-electron chi connectivity index (χ1n) is 8.63. The van der Waals surface area contributed by atoms with Gasteiger partial charge in [0.25, 0.3) is 0 Å². The molecule has 4 nitrogen and oxygen atoms in total. The predicted molar refractivity (Wildman–Crippen MR) is 109 cm³/mol. The Morgan fingerprint density at radius 3 is 2.23 bits per heavy atom. The molecule has 26 heavy (non-hydrogen) atoms. The van der Waals surface area contributed by atoms with E-state index in [1.807, 2.05) is 61.5 Å². The van der Waals surface area contributed by atoms with Gasteiger partial charge in [-0.15, -0.1) is 0 Å². The van der Waals surface area contributed by atoms with Crippen LogP contribution in [0.4, 0.5) is 5.69 Å². The van der Waals surface area contributed by atoms with E-state index in [1.165, 1.54) is 0 Å². The van der Waals surface area contributed by atoms with Gasteiger partial charge in [0.05, 0.1) is 17.6 Å². The lowest BCUT2D eigenvalue weighted by Gasteiger charge is -2.20. The molecule has 5 heteroatoms. The summed E-state index contributed by atoms with van der Waals surface area (Å²) < 4.78 is 6.22. The van der Waals surface area contributed by atoms with E-state index in [1.54, 1.807) is 12.4 Å². The van der Waals surface area contributed by atoms with Crippen molar-refractivity contribution in [3.8, 4) is 5.75 Å². The molecule has 0 fully saturated rings. The maximum absolute atomic E-state index is 6.22. The number of aryl methyl sites for hydroxylation is 1. The second-order valence-electron chi connectivity index (χ2n) is 7.05. The van der Waals surface area contributed by atoms with Gasteiger partial charge in [-0.05, 0) is 38.7 Å². The number of aliphatic imine (C=N–C) groups is 1. The monoisotopic (exact) mass is 361 g/mol. The first kappa shape index (κ1) is 18.0. The highest BCUT2D eigenvalue weighted by molar-refractivity contribution is 6.70. The second kappa shape index (κ2) is 7.62. The summed E-state index contributed by atoms with van der Waals surface area (Å²) in [6.07, 6.45) is 3.53. The van der Waals surface area contributed by atoms with E-state index in [-0.39, 0.29) is 0 Å². The van der Waals surface area contributed by atoms with Crippen LogP contribution in [0.1, 0.15) is 17.0 Å². The van der Waals surface area contributed by atoms with Crippen molar-refractivity contribution in [3.63, 3.8) is 0 Å². The van der Waals surface area contributed by atoms with Gasteiger partial charge in [-0.25, -0.2) is 4.99 Å². The third-order valence-electron chi connectivity index (χ3n) is 3.58. The van der Waals surface area contributed by atoms with Crippen molar-refractivity contribution in [1.82, 2.24) is 9.97 Å². The van der Waals surface area contributed by atoms with Crippen LogP contribution >= 0.6 is 0 Å². The van der Waals surface area contributed by atoms with Gasteiger partial charge >= 0.3 is 0 Å². The Labute approximate surface area is 155 Å². The number of para-hydroxylation sites is 2. The van der Waals surface area contributed by atoms with Crippen LogP contribution in [0.2, 0.25) is 19.6 Å². The number of benzene rings is 2. The van der Waals surface area contributed by atoms with E-state index < -0.39 is 8.32 Å². The van der Waals surface area contributed by atoms with Gasteiger partial charge in [0.15, 0.2) is 0 Å². The summed E-state index contributed by atoms with van der Waals surface area (Å²) in [5.41, 5.74) is 4.20. The molecule has 0 N–H and O–H groups in total. The molecule has 0 aliphatic rings. The first-order valence-corrected chi connectivity index (χ1v) is 12.0. The van der Waals surface area contributed by atoms with Crippen molar-refractivity contribution >= 4 is 19.7 Å². The molecule has 0 bridgehead atoms. The van der Waals surface area contributed by atoms with Gasteiger partial charge in [0.2, 0.25) is 8.32 Å². The molecule has 0 saturated heterocycles. The number of aromatic nitrogens is 2. The topological polar surface area (TPSA) is 47.4 Å². The molecule has 1 heterocycles. The fraction of sp³-hybridized carbons (Fsp3) is 0.190. The van der Waals surface area contributed by atoms with Gasteiger partial charge in [0.1, 0.15) is 17.1 Å². The maximum atomic E-state index is 6.22. The van der Waals surface area contributed by atoms with E-state index >= 15 is 0 Å². The van der Waals surface area contributed by atoms with Crippen LogP contribution in [-0.2, 0) is 0 Å². The van der Waals surface area contributed by atoms with Crippen LogP contribution in [-0.4, -0.2) is 24.0 Å². The van der Waals surface area contributed by atoms with Gasteiger partial charge < -0.3 is 4.43 Å². The summed E-state index contributed by atoms with van der Waals surface area (Å²) in [6.45, 7) is 8.42. The smallest absolute Gasteiger partial charge is 0.242 e. The molecule has 0 aliphatic carbocycles. The van der Waals surface area contributed by atoms with E-state index in [0.717, 1.165) is 34.1 Å². The molecule has 0 saturated carbocycles. The lowest BCUT2D eigenvalue weighted by molar-refractivity contribution is 0.559. The maximum Gasteiger partial charge on any atom is 0.242 e.